The SMILES string of the molecule is Nc1c(-c2cccc(-c3ncco3)c2)cc2ccccc2c1N. The largest absolute Gasteiger partial charge is 0.445 e. The maximum Gasteiger partial charge on any atom is 0.225 e. The summed E-state index contributed by atoms with van der Waals surface area (Å²) in [5.41, 5.74) is 16.5. The van der Waals surface area contributed by atoms with Crippen molar-refractivity contribution in [3.05, 3.63) is 67.1 Å². The zero-order chi connectivity index (χ0) is 15.8. The van der Waals surface area contributed by atoms with Crippen LogP contribution in [0.5, 0.6) is 0 Å². The highest BCUT2D eigenvalue weighted by molar-refractivity contribution is 6.04. The van der Waals surface area contributed by atoms with Gasteiger partial charge in [-0.05, 0) is 29.1 Å². The Kier molecular flexibility index (Phi) is 3.01. The van der Waals surface area contributed by atoms with Crippen molar-refractivity contribution < 1.29 is 4.42 Å². The smallest absolute Gasteiger partial charge is 0.225 e. The molecule has 112 valence electrons. The molecule has 0 atom stereocenters. The summed E-state index contributed by atoms with van der Waals surface area (Å²) in [5, 5.41) is 2.04. The first kappa shape index (κ1) is 13.4. The van der Waals surface area contributed by atoms with Crippen molar-refractivity contribution in [2.24, 2.45) is 0 Å². The molecule has 4 aromatic rings. The third-order valence-electron chi connectivity index (χ3n) is 3.98. The lowest BCUT2D eigenvalue weighted by atomic mass is 9.96. The van der Waals surface area contributed by atoms with Crippen molar-refractivity contribution in [1.82, 2.24) is 4.98 Å². The zero-order valence-electron chi connectivity index (χ0n) is 12.4. The molecular weight excluding hydrogens is 286 g/mol. The molecule has 4 N–H and O–H groups in total. The van der Waals surface area contributed by atoms with Gasteiger partial charge in [0.1, 0.15) is 6.26 Å². The summed E-state index contributed by atoms with van der Waals surface area (Å²) in [6, 6.07) is 18.0. The number of benzene rings is 3. The Morgan fingerprint density at radius 3 is 2.48 bits per heavy atom. The van der Waals surface area contributed by atoms with Gasteiger partial charge in [-0.3, -0.25) is 0 Å². The molecule has 23 heavy (non-hydrogen) atoms. The number of hydrogen-bond acceptors (Lipinski definition) is 4. The summed E-state index contributed by atoms with van der Waals surface area (Å²) >= 11 is 0. The van der Waals surface area contributed by atoms with Crippen LogP contribution in [-0.4, -0.2) is 4.98 Å². The summed E-state index contributed by atoms with van der Waals surface area (Å²) in [6.45, 7) is 0. The van der Waals surface area contributed by atoms with Crippen molar-refractivity contribution in [3.8, 4) is 22.6 Å². The van der Waals surface area contributed by atoms with Crippen LogP contribution in [0.2, 0.25) is 0 Å². The molecule has 4 nitrogen and oxygen atoms in total. The highest BCUT2D eigenvalue weighted by Gasteiger charge is 2.11. The van der Waals surface area contributed by atoms with Crippen molar-refractivity contribution >= 4 is 22.1 Å². The minimum absolute atomic E-state index is 0.583. The molecule has 0 aliphatic rings. The Hall–Kier alpha value is -3.27. The lowest BCUT2D eigenvalue weighted by Crippen LogP contribution is -1.98. The molecule has 0 unspecified atom stereocenters. The van der Waals surface area contributed by atoms with Gasteiger partial charge in [0, 0.05) is 16.5 Å². The molecule has 0 bridgehead atoms. The molecule has 1 heterocycles. The fourth-order valence-electron chi connectivity index (χ4n) is 2.82. The van der Waals surface area contributed by atoms with E-state index >= 15 is 0 Å². The molecular formula is C19H15N3O. The number of nitrogen functional groups attached to an aromatic ring is 2. The van der Waals surface area contributed by atoms with E-state index in [4.69, 9.17) is 15.9 Å². The Balaban J connectivity index is 1.93. The van der Waals surface area contributed by atoms with Crippen LogP contribution < -0.4 is 11.5 Å². The van der Waals surface area contributed by atoms with Gasteiger partial charge in [-0.2, -0.15) is 0 Å². The van der Waals surface area contributed by atoms with E-state index in [1.54, 1.807) is 12.5 Å². The summed E-state index contributed by atoms with van der Waals surface area (Å²) in [4.78, 5) is 4.19. The van der Waals surface area contributed by atoms with Gasteiger partial charge in [-0.15, -0.1) is 0 Å². The normalized spacial score (nSPS) is 11.0. The lowest BCUT2D eigenvalue weighted by Gasteiger charge is -2.12. The van der Waals surface area contributed by atoms with E-state index in [0.29, 0.717) is 17.3 Å². The van der Waals surface area contributed by atoms with Crippen LogP contribution in [0.15, 0.2) is 71.5 Å². The van der Waals surface area contributed by atoms with Crippen molar-refractivity contribution in [2.45, 2.75) is 0 Å². The van der Waals surface area contributed by atoms with E-state index in [0.717, 1.165) is 27.5 Å². The molecule has 0 spiro atoms. The molecule has 0 aliphatic carbocycles. The predicted octanol–water partition coefficient (Wildman–Crippen LogP) is 4.33. The topological polar surface area (TPSA) is 78.1 Å². The Bertz CT molecular complexity index is 991. The number of aromatic nitrogens is 1. The van der Waals surface area contributed by atoms with E-state index in [1.165, 1.54) is 0 Å². The third-order valence-corrected chi connectivity index (χ3v) is 3.98. The minimum atomic E-state index is 0.583. The van der Waals surface area contributed by atoms with E-state index in [9.17, 15) is 0 Å². The molecule has 4 heteroatoms. The van der Waals surface area contributed by atoms with Gasteiger partial charge in [-0.25, -0.2) is 4.98 Å². The van der Waals surface area contributed by atoms with Crippen molar-refractivity contribution in [1.29, 1.82) is 0 Å². The Labute approximate surface area is 133 Å². The number of anilines is 2. The lowest BCUT2D eigenvalue weighted by molar-refractivity contribution is 0.574. The maximum atomic E-state index is 6.29. The van der Waals surface area contributed by atoms with Gasteiger partial charge in [0.15, 0.2) is 0 Å². The summed E-state index contributed by atoms with van der Waals surface area (Å²) in [5.74, 6) is 0.583. The average molecular weight is 301 g/mol. The van der Waals surface area contributed by atoms with E-state index in [-0.39, 0.29) is 0 Å². The number of fused-ring (bicyclic) bond motifs is 1. The second kappa shape index (κ2) is 5.18. The number of hydrogen-bond donors (Lipinski definition) is 2. The van der Waals surface area contributed by atoms with Gasteiger partial charge in [-0.1, -0.05) is 36.4 Å². The summed E-state index contributed by atoms with van der Waals surface area (Å²) in [6.07, 6.45) is 3.19. The van der Waals surface area contributed by atoms with Crippen LogP contribution in [0, 0.1) is 0 Å². The molecule has 0 aliphatic heterocycles. The fraction of sp³-hybridized carbons (Fsp3) is 0. The highest BCUT2D eigenvalue weighted by atomic mass is 16.3. The molecule has 0 saturated heterocycles. The molecule has 1 aromatic heterocycles. The second-order valence-corrected chi connectivity index (χ2v) is 5.39. The predicted molar refractivity (Wildman–Crippen MR) is 93.7 cm³/mol. The van der Waals surface area contributed by atoms with Crippen LogP contribution in [0.1, 0.15) is 0 Å². The Morgan fingerprint density at radius 2 is 1.65 bits per heavy atom. The van der Waals surface area contributed by atoms with Crippen LogP contribution in [-0.2, 0) is 0 Å². The van der Waals surface area contributed by atoms with Gasteiger partial charge in [0.05, 0.1) is 17.6 Å². The van der Waals surface area contributed by atoms with Crippen molar-refractivity contribution in [2.75, 3.05) is 11.5 Å². The number of rotatable bonds is 2. The van der Waals surface area contributed by atoms with Crippen LogP contribution in [0.3, 0.4) is 0 Å². The third kappa shape index (κ3) is 2.21. The van der Waals surface area contributed by atoms with E-state index in [1.807, 2.05) is 48.5 Å². The molecule has 0 fully saturated rings. The molecule has 0 radical (unpaired) electrons. The first-order valence-electron chi connectivity index (χ1n) is 7.31. The number of oxazole rings is 1. The molecule has 4 rings (SSSR count). The molecule has 0 saturated carbocycles. The van der Waals surface area contributed by atoms with Gasteiger partial charge < -0.3 is 15.9 Å². The van der Waals surface area contributed by atoms with Gasteiger partial charge >= 0.3 is 0 Å². The monoisotopic (exact) mass is 301 g/mol. The van der Waals surface area contributed by atoms with E-state index in [2.05, 4.69) is 11.1 Å². The number of nitrogens with two attached hydrogens (primary N) is 2. The highest BCUT2D eigenvalue weighted by Crippen LogP contribution is 2.37. The zero-order valence-corrected chi connectivity index (χ0v) is 12.4. The van der Waals surface area contributed by atoms with Crippen LogP contribution >= 0.6 is 0 Å². The van der Waals surface area contributed by atoms with Crippen LogP contribution in [0.25, 0.3) is 33.4 Å². The second-order valence-electron chi connectivity index (χ2n) is 5.39. The average Bonchev–Trinajstić information content (AvgIpc) is 3.13. The molecule has 0 amide bonds. The summed E-state index contributed by atoms with van der Waals surface area (Å²) in [7, 11) is 0. The summed E-state index contributed by atoms with van der Waals surface area (Å²) < 4.78 is 5.37. The van der Waals surface area contributed by atoms with E-state index < -0.39 is 0 Å². The fourth-order valence-corrected chi connectivity index (χ4v) is 2.82. The maximum absolute atomic E-state index is 6.29. The number of nitrogens with zero attached hydrogens (tertiary/aromatic N) is 1. The first-order chi connectivity index (χ1) is 11.2. The standard InChI is InChI=1S/C19H15N3O/c20-17-15-7-2-1-4-13(15)11-16(18(17)21)12-5-3-6-14(10-12)19-22-8-9-23-19/h1-11H,20-21H2. The van der Waals surface area contributed by atoms with Gasteiger partial charge in [0.2, 0.25) is 5.89 Å². The van der Waals surface area contributed by atoms with Crippen LogP contribution in [0.4, 0.5) is 11.4 Å². The molecule has 3 aromatic carbocycles. The minimum Gasteiger partial charge on any atom is -0.445 e. The van der Waals surface area contributed by atoms with Gasteiger partial charge in [0.25, 0.3) is 0 Å². The van der Waals surface area contributed by atoms with Crippen molar-refractivity contribution in [3.63, 3.8) is 0 Å². The quantitative estimate of drug-likeness (QED) is 0.540. The Morgan fingerprint density at radius 1 is 0.826 bits per heavy atom. The first-order valence-corrected chi connectivity index (χ1v) is 7.31.